The zero-order valence-corrected chi connectivity index (χ0v) is 11.4. The molecule has 0 amide bonds. The minimum atomic E-state index is -0.194. The Morgan fingerprint density at radius 3 is 2.95 bits per heavy atom. The normalized spacial score (nSPS) is 22.9. The minimum Gasteiger partial charge on any atom is -0.466 e. The highest BCUT2D eigenvalue weighted by molar-refractivity contribution is 5.75. The van der Waals surface area contributed by atoms with Gasteiger partial charge >= 0.3 is 5.97 Å². The fraction of sp³-hybridized carbons (Fsp3) is 0.533. The summed E-state index contributed by atoms with van der Waals surface area (Å²) in [6.45, 7) is 4.90. The van der Waals surface area contributed by atoms with Gasteiger partial charge in [-0.3, -0.25) is 4.79 Å². The van der Waals surface area contributed by atoms with Crippen molar-refractivity contribution in [3.63, 3.8) is 0 Å². The van der Waals surface area contributed by atoms with Crippen LogP contribution < -0.4 is 5.32 Å². The molecule has 1 N–H and O–H groups in total. The summed E-state index contributed by atoms with van der Waals surface area (Å²) in [6.07, 6.45) is 0.871. The Morgan fingerprint density at radius 2 is 2.26 bits per heavy atom. The molecule has 3 nitrogen and oxygen atoms in total. The molecule has 0 aromatic heterocycles. The van der Waals surface area contributed by atoms with Crippen molar-refractivity contribution in [2.75, 3.05) is 13.2 Å². The molecule has 0 spiro atoms. The molecule has 1 aliphatic rings. The average molecular weight is 265 g/mol. The molecule has 0 radical (unpaired) electrons. The zero-order valence-electron chi connectivity index (χ0n) is 11.4. The Labute approximate surface area is 113 Å². The van der Waals surface area contributed by atoms with Crippen molar-refractivity contribution in [1.82, 2.24) is 5.32 Å². The molecule has 1 fully saturated rings. The molecular weight excluding hydrogens is 245 g/mol. The van der Waals surface area contributed by atoms with Crippen LogP contribution in [0, 0.1) is 17.7 Å². The number of ether oxygens (including phenoxy) is 1. The Kier molecular flexibility index (Phi) is 4.53. The lowest BCUT2D eigenvalue weighted by molar-refractivity contribution is -0.145. The number of hydrogen-bond acceptors (Lipinski definition) is 3. The number of carbonyl (C=O) groups is 1. The van der Waals surface area contributed by atoms with Gasteiger partial charge in [0, 0.05) is 11.6 Å². The minimum absolute atomic E-state index is 0.0280. The van der Waals surface area contributed by atoms with Crippen LogP contribution in [0.25, 0.3) is 0 Å². The fourth-order valence-corrected chi connectivity index (χ4v) is 2.28. The van der Waals surface area contributed by atoms with Gasteiger partial charge < -0.3 is 10.1 Å². The summed E-state index contributed by atoms with van der Waals surface area (Å²) >= 11 is 0. The third-order valence-corrected chi connectivity index (χ3v) is 3.57. The van der Waals surface area contributed by atoms with E-state index in [0.29, 0.717) is 18.1 Å². The second kappa shape index (κ2) is 6.15. The molecule has 104 valence electrons. The maximum Gasteiger partial charge on any atom is 0.309 e. The van der Waals surface area contributed by atoms with Crippen LogP contribution in [0.3, 0.4) is 0 Å². The van der Waals surface area contributed by atoms with Crippen molar-refractivity contribution in [3.05, 3.63) is 35.6 Å². The lowest BCUT2D eigenvalue weighted by atomic mass is 10.1. The van der Waals surface area contributed by atoms with E-state index in [0.717, 1.165) is 13.0 Å². The van der Waals surface area contributed by atoms with E-state index in [1.807, 2.05) is 19.9 Å². The summed E-state index contributed by atoms with van der Waals surface area (Å²) in [6, 6.07) is 6.71. The van der Waals surface area contributed by atoms with Crippen LogP contribution in [0.15, 0.2) is 24.3 Å². The Balaban J connectivity index is 1.78. The number of hydrogen-bond donors (Lipinski definition) is 1. The molecule has 0 bridgehead atoms. The smallest absolute Gasteiger partial charge is 0.309 e. The monoisotopic (exact) mass is 265 g/mol. The molecule has 4 heteroatoms. The van der Waals surface area contributed by atoms with Crippen molar-refractivity contribution < 1.29 is 13.9 Å². The van der Waals surface area contributed by atoms with Gasteiger partial charge in [-0.25, -0.2) is 4.39 Å². The molecule has 0 aliphatic heterocycles. The van der Waals surface area contributed by atoms with Crippen LogP contribution in [-0.2, 0) is 9.53 Å². The highest BCUT2D eigenvalue weighted by atomic mass is 19.1. The molecule has 0 heterocycles. The Morgan fingerprint density at radius 1 is 1.53 bits per heavy atom. The van der Waals surface area contributed by atoms with Gasteiger partial charge in [-0.2, -0.15) is 0 Å². The summed E-state index contributed by atoms with van der Waals surface area (Å²) < 4.78 is 18.6. The number of halogens is 1. The van der Waals surface area contributed by atoms with Gasteiger partial charge in [0.1, 0.15) is 5.82 Å². The maximum atomic E-state index is 13.6. The summed E-state index contributed by atoms with van der Waals surface area (Å²) in [5.41, 5.74) is 0.663. The van der Waals surface area contributed by atoms with E-state index >= 15 is 0 Å². The Bertz CT molecular complexity index is 450. The van der Waals surface area contributed by atoms with Crippen molar-refractivity contribution in [2.24, 2.45) is 11.8 Å². The second-order valence-electron chi connectivity index (χ2n) is 5.01. The van der Waals surface area contributed by atoms with Crippen LogP contribution in [0.2, 0.25) is 0 Å². The Hall–Kier alpha value is -1.42. The lowest BCUT2D eigenvalue weighted by Gasteiger charge is -2.14. The van der Waals surface area contributed by atoms with Gasteiger partial charge in [0.05, 0.1) is 12.5 Å². The van der Waals surface area contributed by atoms with Crippen molar-refractivity contribution in [3.8, 4) is 0 Å². The average Bonchev–Trinajstić information content (AvgIpc) is 3.16. The first-order chi connectivity index (χ1) is 9.13. The number of benzene rings is 1. The van der Waals surface area contributed by atoms with E-state index in [1.54, 1.807) is 12.1 Å². The SMILES string of the molecule is CCOC(=O)C1CC1CN[C@H](C)c1ccccc1F. The summed E-state index contributed by atoms with van der Waals surface area (Å²) in [7, 11) is 0. The van der Waals surface area contributed by atoms with E-state index in [1.165, 1.54) is 6.07 Å². The first kappa shape index (κ1) is 14.0. The molecule has 3 atom stereocenters. The first-order valence-electron chi connectivity index (χ1n) is 6.78. The molecule has 19 heavy (non-hydrogen) atoms. The number of rotatable bonds is 6. The van der Waals surface area contributed by atoms with Gasteiger partial charge in [0.2, 0.25) is 0 Å². The largest absolute Gasteiger partial charge is 0.466 e. The van der Waals surface area contributed by atoms with Crippen molar-refractivity contribution >= 4 is 5.97 Å². The van der Waals surface area contributed by atoms with E-state index in [2.05, 4.69) is 5.32 Å². The lowest BCUT2D eigenvalue weighted by Crippen LogP contribution is -2.23. The van der Waals surface area contributed by atoms with E-state index in [4.69, 9.17) is 4.74 Å². The van der Waals surface area contributed by atoms with E-state index in [9.17, 15) is 9.18 Å². The van der Waals surface area contributed by atoms with Crippen LogP contribution in [0.4, 0.5) is 4.39 Å². The number of nitrogens with one attached hydrogen (secondary N) is 1. The molecule has 1 aromatic rings. The van der Waals surface area contributed by atoms with Gasteiger partial charge in [0.25, 0.3) is 0 Å². The van der Waals surface area contributed by atoms with Gasteiger partial charge in [-0.05, 0) is 38.8 Å². The topological polar surface area (TPSA) is 38.3 Å². The standard InChI is InChI=1S/C15H20FNO2/c1-3-19-15(18)13-8-11(13)9-17-10(2)12-6-4-5-7-14(12)16/h4-7,10-11,13,17H,3,8-9H2,1-2H3/t10-,11?,13?/m1/s1. The number of carbonyl (C=O) groups excluding carboxylic acids is 1. The fourth-order valence-electron chi connectivity index (χ4n) is 2.28. The predicted molar refractivity (Wildman–Crippen MR) is 71.0 cm³/mol. The summed E-state index contributed by atoms with van der Waals surface area (Å²) in [5, 5.41) is 3.28. The highest BCUT2D eigenvalue weighted by Crippen LogP contribution is 2.39. The van der Waals surface area contributed by atoms with Gasteiger partial charge in [-0.15, -0.1) is 0 Å². The molecule has 1 aromatic carbocycles. The molecule has 2 rings (SSSR count). The van der Waals surface area contributed by atoms with Crippen LogP contribution >= 0.6 is 0 Å². The van der Waals surface area contributed by atoms with Crippen LogP contribution in [0.1, 0.15) is 31.9 Å². The predicted octanol–water partition coefficient (Wildman–Crippen LogP) is 2.68. The molecule has 2 unspecified atom stereocenters. The third kappa shape index (κ3) is 3.53. The van der Waals surface area contributed by atoms with Gasteiger partial charge in [0.15, 0.2) is 0 Å². The first-order valence-corrected chi connectivity index (χ1v) is 6.78. The summed E-state index contributed by atoms with van der Waals surface area (Å²) in [5.74, 6) is 0.0571. The molecular formula is C15H20FNO2. The summed E-state index contributed by atoms with van der Waals surface area (Å²) in [4.78, 5) is 11.5. The second-order valence-corrected chi connectivity index (χ2v) is 5.01. The van der Waals surface area contributed by atoms with Crippen LogP contribution in [-0.4, -0.2) is 19.1 Å². The van der Waals surface area contributed by atoms with Crippen LogP contribution in [0.5, 0.6) is 0 Å². The quantitative estimate of drug-likeness (QED) is 0.804. The third-order valence-electron chi connectivity index (χ3n) is 3.57. The molecule has 1 aliphatic carbocycles. The van der Waals surface area contributed by atoms with E-state index in [-0.39, 0.29) is 23.7 Å². The van der Waals surface area contributed by atoms with Crippen molar-refractivity contribution in [1.29, 1.82) is 0 Å². The number of esters is 1. The van der Waals surface area contributed by atoms with Gasteiger partial charge in [-0.1, -0.05) is 18.2 Å². The zero-order chi connectivity index (χ0) is 13.8. The highest BCUT2D eigenvalue weighted by Gasteiger charge is 2.43. The van der Waals surface area contributed by atoms with Crippen molar-refractivity contribution in [2.45, 2.75) is 26.3 Å². The molecule has 0 saturated heterocycles. The molecule has 1 saturated carbocycles. The van der Waals surface area contributed by atoms with E-state index < -0.39 is 0 Å². The maximum absolute atomic E-state index is 13.6.